The number of alkyl halides is 3. The number of carbonyl (C=O) groups excluding carboxylic acids is 1. The molecule has 1 aromatic heterocycles. The molecule has 1 fully saturated rings. The predicted molar refractivity (Wildman–Crippen MR) is 85.8 cm³/mol. The SMILES string of the molecule is CCN(C)CC1CCN(C(=O)Nc2cnc(C(F)(F)F)cc2C)C1. The van der Waals surface area contributed by atoms with Gasteiger partial charge in [0.2, 0.25) is 0 Å². The van der Waals surface area contributed by atoms with Gasteiger partial charge >= 0.3 is 12.2 Å². The van der Waals surface area contributed by atoms with Crippen molar-refractivity contribution in [2.45, 2.75) is 26.4 Å². The van der Waals surface area contributed by atoms with Gasteiger partial charge in [-0.25, -0.2) is 9.78 Å². The number of carbonyl (C=O) groups is 1. The van der Waals surface area contributed by atoms with Crippen molar-refractivity contribution in [2.75, 3.05) is 38.5 Å². The van der Waals surface area contributed by atoms with Crippen LogP contribution in [0.3, 0.4) is 0 Å². The standard InChI is InChI=1S/C16H23F3N4O/c1-4-22(3)9-12-5-6-23(10-12)15(24)21-13-8-20-14(7-11(13)2)16(17,18)19/h7-8,12H,4-6,9-10H2,1-3H3,(H,21,24). The van der Waals surface area contributed by atoms with Crippen LogP contribution >= 0.6 is 0 Å². The molecule has 8 heteroatoms. The topological polar surface area (TPSA) is 48.5 Å². The lowest BCUT2D eigenvalue weighted by atomic mass is 10.1. The fourth-order valence-electron chi connectivity index (χ4n) is 2.77. The largest absolute Gasteiger partial charge is 0.433 e. The average Bonchev–Trinajstić information content (AvgIpc) is 2.96. The molecule has 1 N–H and O–H groups in total. The van der Waals surface area contributed by atoms with Crippen molar-refractivity contribution in [3.05, 3.63) is 23.5 Å². The number of nitrogens with one attached hydrogen (secondary N) is 1. The molecule has 0 bridgehead atoms. The van der Waals surface area contributed by atoms with Crippen molar-refractivity contribution >= 4 is 11.7 Å². The third-order valence-corrected chi connectivity index (χ3v) is 4.33. The summed E-state index contributed by atoms with van der Waals surface area (Å²) in [7, 11) is 2.04. The van der Waals surface area contributed by atoms with Crippen molar-refractivity contribution in [3.63, 3.8) is 0 Å². The summed E-state index contributed by atoms with van der Waals surface area (Å²) in [4.78, 5) is 19.6. The number of halogens is 3. The zero-order valence-electron chi connectivity index (χ0n) is 14.2. The summed E-state index contributed by atoms with van der Waals surface area (Å²) in [5, 5.41) is 2.66. The number of hydrogen-bond acceptors (Lipinski definition) is 3. The van der Waals surface area contributed by atoms with Gasteiger partial charge in [-0.2, -0.15) is 13.2 Å². The van der Waals surface area contributed by atoms with Gasteiger partial charge in [-0.15, -0.1) is 0 Å². The molecule has 1 aliphatic heterocycles. The molecule has 2 amide bonds. The second kappa shape index (κ2) is 7.38. The summed E-state index contributed by atoms with van der Waals surface area (Å²) >= 11 is 0. The summed E-state index contributed by atoms with van der Waals surface area (Å²) in [5.41, 5.74) is -0.309. The van der Waals surface area contributed by atoms with E-state index >= 15 is 0 Å². The minimum Gasteiger partial charge on any atom is -0.324 e. The first-order valence-corrected chi connectivity index (χ1v) is 7.99. The van der Waals surface area contributed by atoms with E-state index in [4.69, 9.17) is 0 Å². The lowest BCUT2D eigenvalue weighted by Crippen LogP contribution is -2.34. The normalized spacial score (nSPS) is 18.3. The van der Waals surface area contributed by atoms with Gasteiger partial charge in [0.1, 0.15) is 5.69 Å². The van der Waals surface area contributed by atoms with E-state index in [2.05, 4.69) is 22.1 Å². The van der Waals surface area contributed by atoms with Gasteiger partial charge < -0.3 is 15.1 Å². The van der Waals surface area contributed by atoms with Gasteiger partial charge in [-0.1, -0.05) is 6.92 Å². The molecule has 0 spiro atoms. The first kappa shape index (κ1) is 18.5. The molecule has 2 rings (SSSR count). The molecule has 24 heavy (non-hydrogen) atoms. The molecule has 0 saturated carbocycles. The number of anilines is 1. The molecular weight excluding hydrogens is 321 g/mol. The highest BCUT2D eigenvalue weighted by Crippen LogP contribution is 2.29. The Bertz CT molecular complexity index is 591. The van der Waals surface area contributed by atoms with Gasteiger partial charge in [0.05, 0.1) is 11.9 Å². The molecule has 0 aromatic carbocycles. The third-order valence-electron chi connectivity index (χ3n) is 4.33. The van der Waals surface area contributed by atoms with E-state index in [1.54, 1.807) is 4.90 Å². The average molecular weight is 344 g/mol. The number of rotatable bonds is 4. The summed E-state index contributed by atoms with van der Waals surface area (Å²) in [5.74, 6) is 0.424. The van der Waals surface area contributed by atoms with Crippen LogP contribution in [0.2, 0.25) is 0 Å². The molecule has 1 aliphatic rings. The van der Waals surface area contributed by atoms with Crippen LogP contribution in [0.4, 0.5) is 23.7 Å². The highest BCUT2D eigenvalue weighted by Gasteiger charge is 2.33. The van der Waals surface area contributed by atoms with Crippen LogP contribution in [0.1, 0.15) is 24.6 Å². The van der Waals surface area contributed by atoms with Crippen LogP contribution in [-0.4, -0.2) is 54.0 Å². The fraction of sp³-hybridized carbons (Fsp3) is 0.625. The molecule has 1 aromatic rings. The van der Waals surface area contributed by atoms with E-state index < -0.39 is 11.9 Å². The van der Waals surface area contributed by atoms with E-state index in [1.807, 2.05) is 7.05 Å². The molecule has 1 atom stereocenters. The maximum Gasteiger partial charge on any atom is 0.433 e. The van der Waals surface area contributed by atoms with Crippen LogP contribution in [0.5, 0.6) is 0 Å². The summed E-state index contributed by atoms with van der Waals surface area (Å²) in [6, 6.07) is 0.653. The van der Waals surface area contributed by atoms with Crippen LogP contribution in [-0.2, 0) is 6.18 Å². The van der Waals surface area contributed by atoms with Crippen LogP contribution in [0.15, 0.2) is 12.3 Å². The quantitative estimate of drug-likeness (QED) is 0.912. The van der Waals surface area contributed by atoms with E-state index in [1.165, 1.54) is 6.92 Å². The summed E-state index contributed by atoms with van der Waals surface area (Å²) in [6.45, 7) is 6.81. The molecule has 1 saturated heterocycles. The Morgan fingerprint density at radius 2 is 2.21 bits per heavy atom. The Labute approximate surface area is 139 Å². The fourth-order valence-corrected chi connectivity index (χ4v) is 2.77. The summed E-state index contributed by atoms with van der Waals surface area (Å²) in [6.07, 6.45) is -2.49. The Balaban J connectivity index is 1.96. The predicted octanol–water partition coefficient (Wildman–Crippen LogP) is 3.21. The van der Waals surface area contributed by atoms with E-state index in [9.17, 15) is 18.0 Å². The van der Waals surface area contributed by atoms with E-state index in [-0.39, 0.29) is 6.03 Å². The van der Waals surface area contributed by atoms with E-state index in [0.717, 1.165) is 31.8 Å². The van der Waals surface area contributed by atoms with E-state index in [0.29, 0.717) is 30.3 Å². The number of hydrogen-bond donors (Lipinski definition) is 1. The van der Waals surface area contributed by atoms with Gasteiger partial charge in [0.15, 0.2) is 0 Å². The third kappa shape index (κ3) is 4.59. The zero-order chi connectivity index (χ0) is 17.9. The number of amides is 2. The molecule has 2 heterocycles. The first-order valence-electron chi connectivity index (χ1n) is 7.99. The van der Waals surface area contributed by atoms with Crippen molar-refractivity contribution < 1.29 is 18.0 Å². The Hall–Kier alpha value is -1.83. The van der Waals surface area contributed by atoms with Crippen LogP contribution < -0.4 is 5.32 Å². The number of likely N-dealkylation sites (tertiary alicyclic amines) is 1. The van der Waals surface area contributed by atoms with Gasteiger partial charge in [-0.3, -0.25) is 0 Å². The molecule has 5 nitrogen and oxygen atoms in total. The number of urea groups is 1. The molecule has 1 unspecified atom stereocenters. The maximum absolute atomic E-state index is 12.6. The molecule has 0 aliphatic carbocycles. The van der Waals surface area contributed by atoms with Crippen molar-refractivity contribution in [3.8, 4) is 0 Å². The Kier molecular flexibility index (Phi) is 5.69. The second-order valence-corrected chi connectivity index (χ2v) is 6.27. The number of aryl methyl sites for hydroxylation is 1. The van der Waals surface area contributed by atoms with Crippen molar-refractivity contribution in [1.82, 2.24) is 14.8 Å². The smallest absolute Gasteiger partial charge is 0.324 e. The van der Waals surface area contributed by atoms with Gasteiger partial charge in [0.25, 0.3) is 0 Å². The Morgan fingerprint density at radius 1 is 1.50 bits per heavy atom. The Morgan fingerprint density at radius 3 is 2.79 bits per heavy atom. The minimum absolute atomic E-state index is 0.290. The number of nitrogens with zero attached hydrogens (tertiary/aromatic N) is 3. The molecular formula is C16H23F3N4O. The lowest BCUT2D eigenvalue weighted by Gasteiger charge is -2.21. The maximum atomic E-state index is 12.6. The second-order valence-electron chi connectivity index (χ2n) is 6.27. The zero-order valence-corrected chi connectivity index (χ0v) is 14.2. The summed E-state index contributed by atoms with van der Waals surface area (Å²) < 4.78 is 37.9. The van der Waals surface area contributed by atoms with Gasteiger partial charge in [0, 0.05) is 19.6 Å². The minimum atomic E-state index is -4.49. The number of aromatic nitrogens is 1. The highest BCUT2D eigenvalue weighted by molar-refractivity contribution is 5.90. The number of pyridine rings is 1. The first-order chi connectivity index (χ1) is 11.2. The van der Waals surface area contributed by atoms with Crippen molar-refractivity contribution in [2.24, 2.45) is 5.92 Å². The van der Waals surface area contributed by atoms with Crippen molar-refractivity contribution in [1.29, 1.82) is 0 Å². The molecule has 0 radical (unpaired) electrons. The highest BCUT2D eigenvalue weighted by atomic mass is 19.4. The monoisotopic (exact) mass is 344 g/mol. The lowest BCUT2D eigenvalue weighted by molar-refractivity contribution is -0.141. The van der Waals surface area contributed by atoms with Crippen LogP contribution in [0.25, 0.3) is 0 Å². The molecule has 134 valence electrons. The van der Waals surface area contributed by atoms with Crippen LogP contribution in [0, 0.1) is 12.8 Å². The van der Waals surface area contributed by atoms with Gasteiger partial charge in [-0.05, 0) is 44.5 Å².